The van der Waals surface area contributed by atoms with E-state index in [1.807, 2.05) is 49.4 Å². The zero-order valence-corrected chi connectivity index (χ0v) is 19.7. The second-order valence-electron chi connectivity index (χ2n) is 8.41. The number of carbonyl (C=O) groups is 2. The molecule has 6 heteroatoms. The summed E-state index contributed by atoms with van der Waals surface area (Å²) in [5.74, 6) is 0.574. The average Bonchev–Trinajstić information content (AvgIpc) is 2.81. The van der Waals surface area contributed by atoms with Crippen LogP contribution in [0.4, 0.5) is 0 Å². The number of nitrogens with one attached hydrogen (secondary N) is 1. The highest BCUT2D eigenvalue weighted by Crippen LogP contribution is 2.22. The van der Waals surface area contributed by atoms with Crippen LogP contribution in [0, 0.1) is 0 Å². The van der Waals surface area contributed by atoms with Crippen LogP contribution in [0.5, 0.6) is 5.75 Å². The molecule has 1 fully saturated rings. The van der Waals surface area contributed by atoms with Gasteiger partial charge in [-0.05, 0) is 48.6 Å². The fourth-order valence-corrected chi connectivity index (χ4v) is 4.50. The van der Waals surface area contributed by atoms with Crippen LogP contribution in [0.2, 0.25) is 5.02 Å². The number of amides is 2. The van der Waals surface area contributed by atoms with Gasteiger partial charge in [0, 0.05) is 17.6 Å². The van der Waals surface area contributed by atoms with Crippen molar-refractivity contribution in [2.24, 2.45) is 0 Å². The molecule has 0 unspecified atom stereocenters. The first-order valence-electron chi connectivity index (χ1n) is 11.5. The van der Waals surface area contributed by atoms with Crippen LogP contribution in [0.25, 0.3) is 0 Å². The Balaban J connectivity index is 1.81. The van der Waals surface area contributed by atoms with Crippen molar-refractivity contribution >= 4 is 23.4 Å². The highest BCUT2D eigenvalue weighted by atomic mass is 35.5. The number of hydrogen-bond acceptors (Lipinski definition) is 3. The van der Waals surface area contributed by atoms with E-state index < -0.39 is 6.04 Å². The minimum absolute atomic E-state index is 0.0691. The molecule has 0 aliphatic heterocycles. The van der Waals surface area contributed by atoms with E-state index in [0.29, 0.717) is 18.0 Å². The molecule has 5 nitrogen and oxygen atoms in total. The van der Waals surface area contributed by atoms with Gasteiger partial charge in [0.15, 0.2) is 0 Å². The van der Waals surface area contributed by atoms with Crippen molar-refractivity contribution in [3.63, 3.8) is 0 Å². The molecule has 1 aliphatic rings. The predicted molar refractivity (Wildman–Crippen MR) is 128 cm³/mol. The summed E-state index contributed by atoms with van der Waals surface area (Å²) in [4.78, 5) is 28.4. The smallest absolute Gasteiger partial charge is 0.243 e. The first-order valence-corrected chi connectivity index (χ1v) is 11.9. The minimum atomic E-state index is -0.533. The van der Waals surface area contributed by atoms with Crippen molar-refractivity contribution in [3.05, 3.63) is 64.7 Å². The molecule has 2 aromatic rings. The Labute approximate surface area is 196 Å². The Morgan fingerprint density at radius 3 is 2.41 bits per heavy atom. The fraction of sp³-hybridized carbons (Fsp3) is 0.462. The summed E-state index contributed by atoms with van der Waals surface area (Å²) >= 11 is 6.31. The molecular weight excluding hydrogens is 424 g/mol. The van der Waals surface area contributed by atoms with Crippen LogP contribution >= 0.6 is 11.6 Å². The first-order chi connectivity index (χ1) is 15.5. The molecule has 1 N–H and O–H groups in total. The average molecular weight is 457 g/mol. The summed E-state index contributed by atoms with van der Waals surface area (Å²) in [7, 11) is 1.62. The molecule has 0 bridgehead atoms. The van der Waals surface area contributed by atoms with Gasteiger partial charge in [-0.2, -0.15) is 0 Å². The monoisotopic (exact) mass is 456 g/mol. The van der Waals surface area contributed by atoms with Crippen molar-refractivity contribution in [1.29, 1.82) is 0 Å². The number of methoxy groups -OCH3 is 1. The van der Waals surface area contributed by atoms with Crippen molar-refractivity contribution in [1.82, 2.24) is 10.2 Å². The van der Waals surface area contributed by atoms with Gasteiger partial charge in [0.05, 0.1) is 13.5 Å². The molecule has 0 heterocycles. The van der Waals surface area contributed by atoms with Crippen LogP contribution in [0.15, 0.2) is 48.5 Å². The molecular formula is C26H33ClN2O3. The summed E-state index contributed by atoms with van der Waals surface area (Å²) in [5.41, 5.74) is 1.71. The van der Waals surface area contributed by atoms with Crippen LogP contribution < -0.4 is 10.1 Å². The molecule has 3 rings (SSSR count). The second kappa shape index (κ2) is 11.9. The molecule has 1 atom stereocenters. The first kappa shape index (κ1) is 24.1. The molecule has 2 aromatic carbocycles. The molecule has 0 radical (unpaired) electrons. The SMILES string of the molecule is CC[C@@H](C(=O)NC1CCCCC1)N(Cc1ccc(OC)cc1)C(=O)Cc1ccccc1Cl. The predicted octanol–water partition coefficient (Wildman–Crippen LogP) is 5.15. The lowest BCUT2D eigenvalue weighted by Gasteiger charge is -2.33. The van der Waals surface area contributed by atoms with E-state index in [-0.39, 0.29) is 24.3 Å². The maximum atomic E-state index is 13.5. The Morgan fingerprint density at radius 1 is 1.09 bits per heavy atom. The van der Waals surface area contributed by atoms with Crippen molar-refractivity contribution in [2.45, 2.75) is 70.5 Å². The van der Waals surface area contributed by atoms with Crippen LogP contribution in [0.1, 0.15) is 56.6 Å². The maximum absolute atomic E-state index is 13.5. The number of benzene rings is 2. The number of halogens is 1. The second-order valence-corrected chi connectivity index (χ2v) is 8.81. The highest BCUT2D eigenvalue weighted by molar-refractivity contribution is 6.31. The van der Waals surface area contributed by atoms with Crippen LogP contribution in [-0.4, -0.2) is 35.9 Å². The molecule has 1 aliphatic carbocycles. The topological polar surface area (TPSA) is 58.6 Å². The van der Waals surface area contributed by atoms with Gasteiger partial charge in [-0.25, -0.2) is 0 Å². The van der Waals surface area contributed by atoms with Gasteiger partial charge in [-0.15, -0.1) is 0 Å². The summed E-state index contributed by atoms with van der Waals surface area (Å²) < 4.78 is 5.25. The van der Waals surface area contributed by atoms with Crippen molar-refractivity contribution in [3.8, 4) is 5.75 Å². The summed E-state index contributed by atoms with van der Waals surface area (Å²) in [6, 6.07) is 14.6. The van der Waals surface area contributed by atoms with Crippen LogP contribution in [-0.2, 0) is 22.6 Å². The lowest BCUT2D eigenvalue weighted by molar-refractivity contribution is -0.141. The Bertz CT molecular complexity index is 894. The summed E-state index contributed by atoms with van der Waals surface area (Å²) in [6.45, 7) is 2.30. The van der Waals surface area contributed by atoms with E-state index in [0.717, 1.165) is 42.6 Å². The molecule has 0 aromatic heterocycles. The van der Waals surface area contributed by atoms with E-state index in [1.54, 1.807) is 18.1 Å². The normalized spacial score (nSPS) is 15.1. The Hall–Kier alpha value is -2.53. The largest absolute Gasteiger partial charge is 0.497 e. The van der Waals surface area contributed by atoms with Gasteiger partial charge in [0.25, 0.3) is 0 Å². The van der Waals surface area contributed by atoms with Gasteiger partial charge in [0.1, 0.15) is 11.8 Å². The lowest BCUT2D eigenvalue weighted by atomic mass is 9.95. The van der Waals surface area contributed by atoms with E-state index >= 15 is 0 Å². The number of rotatable bonds is 9. The zero-order valence-electron chi connectivity index (χ0n) is 19.0. The third-order valence-electron chi connectivity index (χ3n) is 6.15. The van der Waals surface area contributed by atoms with Crippen molar-refractivity contribution < 1.29 is 14.3 Å². The Morgan fingerprint density at radius 2 is 1.78 bits per heavy atom. The van der Waals surface area contributed by atoms with Gasteiger partial charge >= 0.3 is 0 Å². The van der Waals surface area contributed by atoms with Gasteiger partial charge in [-0.3, -0.25) is 9.59 Å². The molecule has 1 saturated carbocycles. The van der Waals surface area contributed by atoms with Gasteiger partial charge in [0.2, 0.25) is 11.8 Å². The number of carbonyl (C=O) groups excluding carboxylic acids is 2. The standard InChI is InChI=1S/C26H33ClN2O3/c1-3-24(26(31)28-21-10-5-4-6-11-21)29(18-19-13-15-22(32-2)16-14-19)25(30)17-20-9-7-8-12-23(20)27/h7-9,12-16,21,24H,3-6,10-11,17-18H2,1-2H3,(H,28,31)/t24-/m0/s1. The number of nitrogens with zero attached hydrogens (tertiary/aromatic N) is 1. The quantitative estimate of drug-likeness (QED) is 0.567. The molecule has 172 valence electrons. The van der Waals surface area contributed by atoms with Crippen molar-refractivity contribution in [2.75, 3.05) is 7.11 Å². The molecule has 32 heavy (non-hydrogen) atoms. The number of hydrogen-bond donors (Lipinski definition) is 1. The Kier molecular flexibility index (Phi) is 8.98. The zero-order chi connectivity index (χ0) is 22.9. The third-order valence-corrected chi connectivity index (χ3v) is 6.52. The maximum Gasteiger partial charge on any atom is 0.243 e. The van der Waals surface area contributed by atoms with Gasteiger partial charge < -0.3 is 15.0 Å². The molecule has 0 spiro atoms. The van der Waals surface area contributed by atoms with Crippen LogP contribution in [0.3, 0.4) is 0 Å². The highest BCUT2D eigenvalue weighted by Gasteiger charge is 2.30. The van der Waals surface area contributed by atoms with Gasteiger partial charge in [-0.1, -0.05) is 68.1 Å². The van der Waals surface area contributed by atoms with E-state index in [4.69, 9.17) is 16.3 Å². The molecule has 2 amide bonds. The van der Waals surface area contributed by atoms with E-state index in [9.17, 15) is 9.59 Å². The van der Waals surface area contributed by atoms with E-state index in [1.165, 1.54) is 6.42 Å². The third kappa shape index (κ3) is 6.49. The number of ether oxygens (including phenoxy) is 1. The fourth-order valence-electron chi connectivity index (χ4n) is 4.30. The lowest BCUT2D eigenvalue weighted by Crippen LogP contribution is -2.52. The molecule has 0 saturated heterocycles. The minimum Gasteiger partial charge on any atom is -0.497 e. The van der Waals surface area contributed by atoms with E-state index in [2.05, 4.69) is 5.32 Å². The summed E-state index contributed by atoms with van der Waals surface area (Å²) in [6.07, 6.45) is 6.23. The summed E-state index contributed by atoms with van der Waals surface area (Å²) in [5, 5.41) is 3.77.